The van der Waals surface area contributed by atoms with E-state index < -0.39 is 17.9 Å². The van der Waals surface area contributed by atoms with E-state index in [2.05, 4.69) is 30.5 Å². The maximum Gasteiger partial charge on any atom is 0.354 e. The molecule has 0 spiro atoms. The summed E-state index contributed by atoms with van der Waals surface area (Å²) in [5.41, 5.74) is -0.425. The molecule has 0 aromatic carbocycles. The molecule has 0 aliphatic rings. The van der Waals surface area contributed by atoms with Gasteiger partial charge in [0.15, 0.2) is 11.4 Å². The van der Waals surface area contributed by atoms with Gasteiger partial charge in [-0.15, -0.1) is 0 Å². The average molecular weight is 250 g/mol. The predicted octanol–water partition coefficient (Wildman–Crippen LogP) is -0.283. The molecule has 2 aromatic rings. The number of rotatable bonds is 4. The fourth-order valence-electron chi connectivity index (χ4n) is 1.39. The SMILES string of the molecule is CC(NC(=O)c1nc[nH]c1C(=O)O)c1ncn[nH]1. The number of carboxylic acid groups (broad SMARTS) is 1. The Labute approximate surface area is 101 Å². The van der Waals surface area contributed by atoms with E-state index in [-0.39, 0.29) is 11.4 Å². The van der Waals surface area contributed by atoms with Crippen LogP contribution in [-0.2, 0) is 0 Å². The first-order valence-electron chi connectivity index (χ1n) is 5.02. The van der Waals surface area contributed by atoms with Crippen molar-refractivity contribution >= 4 is 11.9 Å². The number of aromatic nitrogens is 5. The minimum Gasteiger partial charge on any atom is -0.477 e. The largest absolute Gasteiger partial charge is 0.477 e. The van der Waals surface area contributed by atoms with Gasteiger partial charge in [-0.05, 0) is 6.92 Å². The predicted molar refractivity (Wildman–Crippen MR) is 57.8 cm³/mol. The summed E-state index contributed by atoms with van der Waals surface area (Å²) in [5, 5.41) is 17.7. The number of carboxylic acids is 1. The highest BCUT2D eigenvalue weighted by Crippen LogP contribution is 2.08. The molecular weight excluding hydrogens is 240 g/mol. The highest BCUT2D eigenvalue weighted by atomic mass is 16.4. The van der Waals surface area contributed by atoms with Crippen LogP contribution in [0.3, 0.4) is 0 Å². The first-order valence-corrected chi connectivity index (χ1v) is 5.02. The van der Waals surface area contributed by atoms with Crippen LogP contribution >= 0.6 is 0 Å². The number of nitrogens with one attached hydrogen (secondary N) is 3. The van der Waals surface area contributed by atoms with Crippen molar-refractivity contribution in [2.45, 2.75) is 13.0 Å². The van der Waals surface area contributed by atoms with Crippen molar-refractivity contribution in [2.24, 2.45) is 0 Å². The zero-order valence-electron chi connectivity index (χ0n) is 9.34. The summed E-state index contributed by atoms with van der Waals surface area (Å²) in [6.07, 6.45) is 2.46. The number of H-pyrrole nitrogens is 2. The van der Waals surface area contributed by atoms with E-state index in [9.17, 15) is 9.59 Å². The molecule has 4 N–H and O–H groups in total. The lowest BCUT2D eigenvalue weighted by molar-refractivity contribution is 0.0684. The molecular formula is C9H10N6O3. The van der Waals surface area contributed by atoms with Crippen LogP contribution in [0.4, 0.5) is 0 Å². The Hall–Kier alpha value is -2.71. The number of carbonyl (C=O) groups is 2. The molecule has 0 saturated heterocycles. The van der Waals surface area contributed by atoms with Crippen molar-refractivity contribution in [3.63, 3.8) is 0 Å². The van der Waals surface area contributed by atoms with Crippen LogP contribution in [0.1, 0.15) is 39.8 Å². The summed E-state index contributed by atoms with van der Waals surface area (Å²) in [5.74, 6) is -1.38. The van der Waals surface area contributed by atoms with Crippen LogP contribution in [0.15, 0.2) is 12.7 Å². The van der Waals surface area contributed by atoms with Gasteiger partial charge in [0, 0.05) is 0 Å². The molecule has 0 bridgehead atoms. The summed E-state index contributed by atoms with van der Waals surface area (Å²) in [6.45, 7) is 1.69. The van der Waals surface area contributed by atoms with Gasteiger partial charge in [0.2, 0.25) is 0 Å². The van der Waals surface area contributed by atoms with Gasteiger partial charge in [0.25, 0.3) is 5.91 Å². The third-order valence-electron chi connectivity index (χ3n) is 2.26. The molecule has 94 valence electrons. The lowest BCUT2D eigenvalue weighted by Gasteiger charge is -2.09. The third-order valence-corrected chi connectivity index (χ3v) is 2.26. The molecule has 1 amide bonds. The molecule has 0 radical (unpaired) electrons. The minimum absolute atomic E-state index is 0.172. The maximum absolute atomic E-state index is 11.8. The minimum atomic E-state index is -1.25. The Bertz CT molecular complexity index is 561. The highest BCUT2D eigenvalue weighted by Gasteiger charge is 2.21. The zero-order valence-corrected chi connectivity index (χ0v) is 9.34. The van der Waals surface area contributed by atoms with Crippen molar-refractivity contribution < 1.29 is 14.7 Å². The normalized spacial score (nSPS) is 12.1. The van der Waals surface area contributed by atoms with Crippen LogP contribution in [0.5, 0.6) is 0 Å². The number of imidazole rings is 1. The molecule has 2 rings (SSSR count). The molecule has 1 unspecified atom stereocenters. The van der Waals surface area contributed by atoms with E-state index in [4.69, 9.17) is 5.11 Å². The smallest absolute Gasteiger partial charge is 0.354 e. The number of aromatic amines is 2. The number of amides is 1. The summed E-state index contributed by atoms with van der Waals surface area (Å²) >= 11 is 0. The quantitative estimate of drug-likeness (QED) is 0.588. The van der Waals surface area contributed by atoms with Crippen LogP contribution < -0.4 is 5.32 Å². The molecule has 0 saturated carbocycles. The summed E-state index contributed by atoms with van der Waals surface area (Å²) in [7, 11) is 0. The van der Waals surface area contributed by atoms with Crippen LogP contribution in [0.25, 0.3) is 0 Å². The van der Waals surface area contributed by atoms with Gasteiger partial charge in [-0.1, -0.05) is 0 Å². The first kappa shape index (κ1) is 11.8. The molecule has 2 aromatic heterocycles. The Balaban J connectivity index is 2.13. The molecule has 9 heteroatoms. The van der Waals surface area contributed by atoms with E-state index in [0.717, 1.165) is 6.33 Å². The Kier molecular flexibility index (Phi) is 3.04. The number of hydrogen-bond donors (Lipinski definition) is 4. The van der Waals surface area contributed by atoms with Crippen molar-refractivity contribution in [2.75, 3.05) is 0 Å². The van der Waals surface area contributed by atoms with Gasteiger partial charge in [0.05, 0.1) is 12.4 Å². The van der Waals surface area contributed by atoms with Crippen molar-refractivity contribution in [1.29, 1.82) is 0 Å². The molecule has 1 atom stereocenters. The monoisotopic (exact) mass is 250 g/mol. The van der Waals surface area contributed by atoms with Gasteiger partial charge in [0.1, 0.15) is 12.2 Å². The van der Waals surface area contributed by atoms with Gasteiger partial charge in [-0.2, -0.15) is 5.10 Å². The number of nitrogens with zero attached hydrogens (tertiary/aromatic N) is 3. The van der Waals surface area contributed by atoms with Gasteiger partial charge >= 0.3 is 5.97 Å². The van der Waals surface area contributed by atoms with Crippen molar-refractivity contribution in [1.82, 2.24) is 30.5 Å². The van der Waals surface area contributed by atoms with Crippen LogP contribution in [0.2, 0.25) is 0 Å². The molecule has 2 heterocycles. The lowest BCUT2D eigenvalue weighted by atomic mass is 10.2. The molecule has 0 fully saturated rings. The zero-order chi connectivity index (χ0) is 13.1. The topological polar surface area (TPSA) is 137 Å². The van der Waals surface area contributed by atoms with E-state index in [0.29, 0.717) is 5.82 Å². The fourth-order valence-corrected chi connectivity index (χ4v) is 1.39. The molecule has 9 nitrogen and oxygen atoms in total. The first-order chi connectivity index (χ1) is 8.59. The van der Waals surface area contributed by atoms with Crippen LogP contribution in [0, 0.1) is 0 Å². The van der Waals surface area contributed by atoms with E-state index >= 15 is 0 Å². The standard InChI is InChI=1S/C9H10N6O3/c1-4(7-12-3-13-15-7)14-8(16)5-6(9(17)18)11-2-10-5/h2-4H,1H3,(H,10,11)(H,14,16)(H,17,18)(H,12,13,15). The summed E-state index contributed by atoms with van der Waals surface area (Å²) < 4.78 is 0. The number of carbonyl (C=O) groups excluding carboxylic acids is 1. The van der Waals surface area contributed by atoms with Gasteiger partial charge in [-0.25, -0.2) is 14.8 Å². The van der Waals surface area contributed by atoms with Crippen LogP contribution in [-0.4, -0.2) is 42.1 Å². The Morgan fingerprint density at radius 3 is 2.83 bits per heavy atom. The fraction of sp³-hybridized carbons (Fsp3) is 0.222. The van der Waals surface area contributed by atoms with E-state index in [1.807, 2.05) is 0 Å². The third kappa shape index (κ3) is 2.19. The number of aromatic carboxylic acids is 1. The molecule has 0 aliphatic carbocycles. The molecule has 18 heavy (non-hydrogen) atoms. The average Bonchev–Trinajstić information content (AvgIpc) is 3.00. The second-order valence-corrected chi connectivity index (χ2v) is 3.50. The maximum atomic E-state index is 11.8. The number of hydrogen-bond acceptors (Lipinski definition) is 5. The Morgan fingerprint density at radius 1 is 1.44 bits per heavy atom. The summed E-state index contributed by atoms with van der Waals surface area (Å²) in [4.78, 5) is 32.6. The summed E-state index contributed by atoms with van der Waals surface area (Å²) in [6, 6.07) is -0.432. The second-order valence-electron chi connectivity index (χ2n) is 3.50. The van der Waals surface area contributed by atoms with Crippen molar-refractivity contribution in [3.05, 3.63) is 29.9 Å². The van der Waals surface area contributed by atoms with Gasteiger partial charge in [-0.3, -0.25) is 9.89 Å². The van der Waals surface area contributed by atoms with E-state index in [1.165, 1.54) is 6.33 Å². The van der Waals surface area contributed by atoms with Crippen molar-refractivity contribution in [3.8, 4) is 0 Å². The van der Waals surface area contributed by atoms with E-state index in [1.54, 1.807) is 6.92 Å². The van der Waals surface area contributed by atoms with Gasteiger partial charge < -0.3 is 15.4 Å². The highest BCUT2D eigenvalue weighted by molar-refractivity contribution is 6.02. The molecule has 0 aliphatic heterocycles. The lowest BCUT2D eigenvalue weighted by Crippen LogP contribution is -2.29. The second kappa shape index (κ2) is 4.65. The Morgan fingerprint density at radius 2 is 2.22 bits per heavy atom.